The maximum Gasteiger partial charge on any atom is 0.286 e. The summed E-state index contributed by atoms with van der Waals surface area (Å²) in [6, 6.07) is 7.90. The summed E-state index contributed by atoms with van der Waals surface area (Å²) in [6.45, 7) is 0.0915. The third kappa shape index (κ3) is 3.01. The van der Waals surface area contributed by atoms with Crippen LogP contribution in [0.4, 0.5) is 4.39 Å². The van der Waals surface area contributed by atoms with Crippen LogP contribution in [0.25, 0.3) is 10.1 Å². The quantitative estimate of drug-likeness (QED) is 0.634. The van der Waals surface area contributed by atoms with Crippen LogP contribution in [-0.4, -0.2) is 23.9 Å². The Labute approximate surface area is 140 Å². The number of ether oxygens (including phenoxy) is 1. The van der Waals surface area contributed by atoms with Crippen LogP contribution in [0, 0.1) is 5.82 Å². The van der Waals surface area contributed by atoms with E-state index in [-0.39, 0.29) is 6.61 Å². The van der Waals surface area contributed by atoms with Crippen molar-refractivity contribution in [2.45, 2.75) is 6.61 Å². The zero-order valence-corrected chi connectivity index (χ0v) is 13.5. The molecule has 0 aliphatic rings. The maximum absolute atomic E-state index is 14.1. The van der Waals surface area contributed by atoms with Gasteiger partial charge >= 0.3 is 0 Å². The largest absolute Gasteiger partial charge is 0.380 e. The monoisotopic (exact) mass is 347 g/mol. The van der Waals surface area contributed by atoms with E-state index in [1.165, 1.54) is 13.2 Å². The van der Waals surface area contributed by atoms with E-state index in [2.05, 4.69) is 15.8 Å². The molecule has 0 fully saturated rings. The lowest BCUT2D eigenvalue weighted by Crippen LogP contribution is -2.41. The molecule has 0 aliphatic heterocycles. The van der Waals surface area contributed by atoms with Crippen molar-refractivity contribution in [1.82, 2.24) is 15.8 Å². The molecule has 0 saturated heterocycles. The van der Waals surface area contributed by atoms with Crippen molar-refractivity contribution in [1.29, 1.82) is 0 Å². The average Bonchev–Trinajstić information content (AvgIpc) is 3.21. The molecule has 0 radical (unpaired) electrons. The van der Waals surface area contributed by atoms with Crippen LogP contribution in [0.15, 0.2) is 36.5 Å². The van der Waals surface area contributed by atoms with Crippen molar-refractivity contribution < 1.29 is 18.7 Å². The number of halogens is 1. The van der Waals surface area contributed by atoms with Crippen LogP contribution < -0.4 is 10.9 Å². The predicted octanol–water partition coefficient (Wildman–Crippen LogP) is 2.59. The zero-order chi connectivity index (χ0) is 17.1. The summed E-state index contributed by atoms with van der Waals surface area (Å²) in [6.07, 6.45) is 1.60. The number of amides is 2. The number of hydrogen-bond donors (Lipinski definition) is 3. The summed E-state index contributed by atoms with van der Waals surface area (Å²) in [5.74, 6) is -1.42. The van der Waals surface area contributed by atoms with Crippen LogP contribution in [0.2, 0.25) is 0 Å². The normalized spacial score (nSPS) is 10.8. The number of rotatable bonds is 4. The number of hydrazine groups is 1. The summed E-state index contributed by atoms with van der Waals surface area (Å²) in [5, 5.41) is 0.366. The second-order valence-electron chi connectivity index (χ2n) is 4.95. The van der Waals surface area contributed by atoms with Gasteiger partial charge in [-0.25, -0.2) is 4.39 Å². The van der Waals surface area contributed by atoms with Gasteiger partial charge in [-0.05, 0) is 24.3 Å². The Morgan fingerprint density at radius 3 is 2.71 bits per heavy atom. The van der Waals surface area contributed by atoms with Crippen molar-refractivity contribution in [3.8, 4) is 0 Å². The number of aromatic amines is 1. The van der Waals surface area contributed by atoms with E-state index >= 15 is 0 Å². The maximum atomic E-state index is 14.1. The van der Waals surface area contributed by atoms with Crippen molar-refractivity contribution in [2.24, 2.45) is 0 Å². The lowest BCUT2D eigenvalue weighted by atomic mass is 10.1. The van der Waals surface area contributed by atoms with Gasteiger partial charge in [0.1, 0.15) is 16.4 Å². The van der Waals surface area contributed by atoms with Gasteiger partial charge in [0.05, 0.1) is 6.61 Å². The molecule has 124 valence electrons. The molecule has 0 unspecified atom stereocenters. The highest BCUT2D eigenvalue weighted by Crippen LogP contribution is 2.33. The Morgan fingerprint density at radius 2 is 2.00 bits per heavy atom. The molecular formula is C16H14FN3O3S. The number of aromatic nitrogens is 1. The molecule has 0 bridgehead atoms. The molecule has 0 aliphatic carbocycles. The van der Waals surface area contributed by atoms with E-state index in [4.69, 9.17) is 4.74 Å². The number of carbonyl (C=O) groups excluding carboxylic acids is 2. The topological polar surface area (TPSA) is 83.2 Å². The minimum Gasteiger partial charge on any atom is -0.380 e. The Bertz CT molecular complexity index is 889. The third-order valence-corrected chi connectivity index (χ3v) is 4.59. The van der Waals surface area contributed by atoms with E-state index < -0.39 is 17.6 Å². The Balaban J connectivity index is 1.85. The number of hydrogen-bond acceptors (Lipinski definition) is 4. The van der Waals surface area contributed by atoms with Crippen LogP contribution in [0.3, 0.4) is 0 Å². The number of fused-ring (bicyclic) bond motifs is 1. The van der Waals surface area contributed by atoms with Gasteiger partial charge in [0, 0.05) is 29.0 Å². The first-order valence-electron chi connectivity index (χ1n) is 7.04. The summed E-state index contributed by atoms with van der Waals surface area (Å²) < 4.78 is 19.8. The van der Waals surface area contributed by atoms with E-state index in [9.17, 15) is 14.0 Å². The van der Waals surface area contributed by atoms with Crippen LogP contribution in [0.5, 0.6) is 0 Å². The molecule has 0 atom stereocenters. The third-order valence-electron chi connectivity index (χ3n) is 3.39. The van der Waals surface area contributed by atoms with Gasteiger partial charge in [-0.3, -0.25) is 20.4 Å². The summed E-state index contributed by atoms with van der Waals surface area (Å²) in [7, 11) is 1.47. The van der Waals surface area contributed by atoms with E-state index in [1.54, 1.807) is 30.5 Å². The summed E-state index contributed by atoms with van der Waals surface area (Å²) in [5.41, 5.74) is 5.43. The first kappa shape index (κ1) is 16.2. The van der Waals surface area contributed by atoms with Crippen molar-refractivity contribution >= 4 is 33.2 Å². The number of methoxy groups -OCH3 is 1. The Hall–Kier alpha value is -2.71. The molecule has 0 spiro atoms. The number of thiophene rings is 1. The van der Waals surface area contributed by atoms with Gasteiger partial charge in [0.25, 0.3) is 11.8 Å². The molecule has 3 aromatic rings. The fourth-order valence-electron chi connectivity index (χ4n) is 2.34. The van der Waals surface area contributed by atoms with Crippen LogP contribution in [0.1, 0.15) is 25.7 Å². The average molecular weight is 347 g/mol. The molecule has 8 heteroatoms. The van der Waals surface area contributed by atoms with E-state index in [1.807, 2.05) is 0 Å². The minimum absolute atomic E-state index is 0.0915. The summed E-state index contributed by atoms with van der Waals surface area (Å²) in [4.78, 5) is 27.3. The SMILES string of the molecule is COCc1c(C(=O)NNC(=O)c2ccc[nH]2)sc2cccc(F)c12. The van der Waals surface area contributed by atoms with Crippen molar-refractivity contribution in [2.75, 3.05) is 7.11 Å². The van der Waals surface area contributed by atoms with Crippen LogP contribution in [-0.2, 0) is 11.3 Å². The number of carbonyl (C=O) groups is 2. The first-order valence-corrected chi connectivity index (χ1v) is 7.86. The fourth-order valence-corrected chi connectivity index (χ4v) is 3.46. The number of H-pyrrole nitrogens is 1. The standard InChI is InChI=1S/C16H14FN3O3S/c1-23-8-9-13-10(17)4-2-6-12(13)24-14(9)16(22)20-19-15(21)11-5-3-7-18-11/h2-7,18H,8H2,1H3,(H,19,21)(H,20,22). The highest BCUT2D eigenvalue weighted by atomic mass is 32.1. The molecule has 0 saturated carbocycles. The lowest BCUT2D eigenvalue weighted by Gasteiger charge is -2.07. The lowest BCUT2D eigenvalue weighted by molar-refractivity contribution is 0.0844. The number of benzene rings is 1. The fraction of sp³-hybridized carbons (Fsp3) is 0.125. The zero-order valence-electron chi connectivity index (χ0n) is 12.7. The summed E-state index contributed by atoms with van der Waals surface area (Å²) >= 11 is 1.14. The molecular weight excluding hydrogens is 333 g/mol. The predicted molar refractivity (Wildman–Crippen MR) is 88.2 cm³/mol. The molecule has 2 heterocycles. The Morgan fingerprint density at radius 1 is 1.21 bits per heavy atom. The molecule has 24 heavy (non-hydrogen) atoms. The van der Waals surface area contributed by atoms with Crippen molar-refractivity contribution in [3.63, 3.8) is 0 Å². The molecule has 2 amide bonds. The highest BCUT2D eigenvalue weighted by Gasteiger charge is 2.21. The minimum atomic E-state index is -0.525. The molecule has 6 nitrogen and oxygen atoms in total. The van der Waals surface area contributed by atoms with Gasteiger partial charge in [-0.2, -0.15) is 0 Å². The van der Waals surface area contributed by atoms with Gasteiger partial charge in [0.15, 0.2) is 0 Å². The second kappa shape index (κ2) is 6.81. The van der Waals surface area contributed by atoms with Crippen LogP contribution >= 0.6 is 11.3 Å². The number of nitrogens with one attached hydrogen (secondary N) is 3. The first-order chi connectivity index (χ1) is 11.6. The van der Waals surface area contributed by atoms with Gasteiger partial charge in [0.2, 0.25) is 0 Å². The molecule has 3 N–H and O–H groups in total. The molecule has 3 rings (SSSR count). The molecule has 1 aromatic carbocycles. The second-order valence-corrected chi connectivity index (χ2v) is 6.00. The highest BCUT2D eigenvalue weighted by molar-refractivity contribution is 7.21. The van der Waals surface area contributed by atoms with E-state index in [0.29, 0.717) is 26.2 Å². The van der Waals surface area contributed by atoms with Gasteiger partial charge in [-0.1, -0.05) is 6.07 Å². The smallest absolute Gasteiger partial charge is 0.286 e. The van der Waals surface area contributed by atoms with Gasteiger partial charge < -0.3 is 9.72 Å². The van der Waals surface area contributed by atoms with E-state index in [0.717, 1.165) is 11.3 Å². The van der Waals surface area contributed by atoms with Gasteiger partial charge in [-0.15, -0.1) is 11.3 Å². The van der Waals surface area contributed by atoms with Crippen molar-refractivity contribution in [3.05, 3.63) is 58.5 Å². The molecule has 2 aromatic heterocycles. The Kier molecular flexibility index (Phi) is 4.59.